The van der Waals surface area contributed by atoms with Gasteiger partial charge in [-0.1, -0.05) is 18.2 Å². The molecule has 0 saturated carbocycles. The molecule has 2 heterocycles. The number of amides is 1. The van der Waals surface area contributed by atoms with Crippen LogP contribution in [0.15, 0.2) is 60.9 Å². The van der Waals surface area contributed by atoms with Crippen molar-refractivity contribution < 1.29 is 14.3 Å². The van der Waals surface area contributed by atoms with Gasteiger partial charge in [0.2, 0.25) is 5.91 Å². The number of nitrogens with one attached hydrogen (secondary N) is 1. The van der Waals surface area contributed by atoms with Gasteiger partial charge in [0, 0.05) is 31.4 Å². The number of methoxy groups -OCH3 is 1. The molecule has 132 valence electrons. The number of carbonyl (C=O) groups excluding carboxylic acids is 2. The summed E-state index contributed by atoms with van der Waals surface area (Å²) in [6.45, 7) is 0.508. The average Bonchev–Trinajstić information content (AvgIpc) is 3.09. The molecule has 0 saturated heterocycles. The van der Waals surface area contributed by atoms with Crippen molar-refractivity contribution in [2.45, 2.75) is 6.42 Å². The Morgan fingerprint density at radius 1 is 1.19 bits per heavy atom. The summed E-state index contributed by atoms with van der Waals surface area (Å²) in [5.41, 5.74) is 3.12. The van der Waals surface area contributed by atoms with Crippen molar-refractivity contribution in [3.05, 3.63) is 77.8 Å². The fourth-order valence-corrected chi connectivity index (χ4v) is 2.50. The molecule has 1 N–H and O–H groups in total. The standard InChI is InChI=1S/C20H19N3O3/c1-26-20(25)16-8-5-15(6-9-16)7-10-19(24)21-12-11-17-14-23-13-3-2-4-18(23)22-17/h2-10,13-14H,11-12H2,1H3,(H,21,24)/b10-7+. The van der Waals surface area contributed by atoms with E-state index in [1.807, 2.05) is 35.0 Å². The molecule has 1 aromatic carbocycles. The summed E-state index contributed by atoms with van der Waals surface area (Å²) in [5, 5.41) is 2.84. The van der Waals surface area contributed by atoms with Crippen molar-refractivity contribution in [1.29, 1.82) is 0 Å². The number of esters is 1. The van der Waals surface area contributed by atoms with Crippen LogP contribution in [-0.2, 0) is 16.0 Å². The largest absolute Gasteiger partial charge is 0.465 e. The maximum Gasteiger partial charge on any atom is 0.337 e. The van der Waals surface area contributed by atoms with E-state index in [9.17, 15) is 9.59 Å². The Balaban J connectivity index is 1.49. The monoisotopic (exact) mass is 349 g/mol. The van der Waals surface area contributed by atoms with Gasteiger partial charge in [-0.15, -0.1) is 0 Å². The molecule has 2 aromatic heterocycles. The van der Waals surface area contributed by atoms with Crippen LogP contribution in [-0.4, -0.2) is 34.9 Å². The van der Waals surface area contributed by atoms with Crippen molar-refractivity contribution in [2.75, 3.05) is 13.7 Å². The molecule has 0 aliphatic heterocycles. The molecule has 26 heavy (non-hydrogen) atoms. The molecule has 0 aliphatic rings. The van der Waals surface area contributed by atoms with E-state index in [2.05, 4.69) is 15.0 Å². The van der Waals surface area contributed by atoms with Gasteiger partial charge in [-0.25, -0.2) is 9.78 Å². The highest BCUT2D eigenvalue weighted by Crippen LogP contribution is 2.07. The van der Waals surface area contributed by atoms with Crippen LogP contribution in [0, 0.1) is 0 Å². The van der Waals surface area contributed by atoms with E-state index in [1.165, 1.54) is 13.2 Å². The van der Waals surface area contributed by atoms with Crippen molar-refractivity contribution in [1.82, 2.24) is 14.7 Å². The second-order valence-electron chi connectivity index (χ2n) is 5.69. The minimum atomic E-state index is -0.384. The second kappa shape index (κ2) is 8.11. The summed E-state index contributed by atoms with van der Waals surface area (Å²) in [6.07, 6.45) is 7.73. The number of imidazole rings is 1. The lowest BCUT2D eigenvalue weighted by molar-refractivity contribution is -0.116. The van der Waals surface area contributed by atoms with Gasteiger partial charge in [-0.3, -0.25) is 4.79 Å². The minimum Gasteiger partial charge on any atom is -0.465 e. The average molecular weight is 349 g/mol. The van der Waals surface area contributed by atoms with Crippen LogP contribution in [0.25, 0.3) is 11.7 Å². The molecular weight excluding hydrogens is 330 g/mol. The zero-order valence-electron chi connectivity index (χ0n) is 14.4. The minimum absolute atomic E-state index is 0.175. The molecule has 3 aromatic rings. The third-order valence-corrected chi connectivity index (χ3v) is 3.85. The van der Waals surface area contributed by atoms with Crippen LogP contribution >= 0.6 is 0 Å². The Bertz CT molecular complexity index is 909. The molecule has 0 radical (unpaired) electrons. The quantitative estimate of drug-likeness (QED) is 0.548. The SMILES string of the molecule is COC(=O)c1ccc(/C=C/C(=O)NCCc2cn3ccccc3n2)cc1. The number of ether oxygens (including phenoxy) is 1. The summed E-state index contributed by atoms with van der Waals surface area (Å²) >= 11 is 0. The highest BCUT2D eigenvalue weighted by molar-refractivity contribution is 5.92. The highest BCUT2D eigenvalue weighted by Gasteiger charge is 2.04. The van der Waals surface area contributed by atoms with Gasteiger partial charge in [0.1, 0.15) is 5.65 Å². The van der Waals surface area contributed by atoms with Gasteiger partial charge >= 0.3 is 5.97 Å². The number of nitrogens with zero attached hydrogens (tertiary/aromatic N) is 2. The van der Waals surface area contributed by atoms with Crippen LogP contribution in [0.4, 0.5) is 0 Å². The van der Waals surface area contributed by atoms with Gasteiger partial charge in [-0.05, 0) is 35.9 Å². The number of benzene rings is 1. The zero-order valence-corrected chi connectivity index (χ0v) is 14.4. The van der Waals surface area contributed by atoms with Gasteiger partial charge in [0.15, 0.2) is 0 Å². The number of fused-ring (bicyclic) bond motifs is 1. The summed E-state index contributed by atoms with van der Waals surface area (Å²) in [4.78, 5) is 27.8. The lowest BCUT2D eigenvalue weighted by Crippen LogP contribution is -2.23. The number of carbonyl (C=O) groups is 2. The van der Waals surface area contributed by atoms with Crippen molar-refractivity contribution in [3.63, 3.8) is 0 Å². The first-order chi connectivity index (χ1) is 12.7. The Morgan fingerprint density at radius 3 is 2.73 bits per heavy atom. The third kappa shape index (κ3) is 4.36. The summed E-state index contributed by atoms with van der Waals surface area (Å²) in [5.74, 6) is -0.559. The van der Waals surface area contributed by atoms with Gasteiger partial charge in [0.25, 0.3) is 0 Å². The molecule has 0 unspecified atom stereocenters. The predicted octanol–water partition coefficient (Wildman–Crippen LogP) is 2.49. The Kier molecular flexibility index (Phi) is 5.43. The molecule has 0 bridgehead atoms. The molecule has 3 rings (SSSR count). The maximum absolute atomic E-state index is 11.9. The fourth-order valence-electron chi connectivity index (χ4n) is 2.50. The maximum atomic E-state index is 11.9. The van der Waals surface area contributed by atoms with E-state index >= 15 is 0 Å². The van der Waals surface area contributed by atoms with E-state index in [1.54, 1.807) is 30.3 Å². The summed E-state index contributed by atoms with van der Waals surface area (Å²) in [7, 11) is 1.34. The van der Waals surface area contributed by atoms with Gasteiger partial charge in [0.05, 0.1) is 18.4 Å². The van der Waals surface area contributed by atoms with Crippen LogP contribution in [0.2, 0.25) is 0 Å². The molecule has 6 nitrogen and oxygen atoms in total. The third-order valence-electron chi connectivity index (χ3n) is 3.85. The van der Waals surface area contributed by atoms with Crippen molar-refractivity contribution >= 4 is 23.6 Å². The normalized spacial score (nSPS) is 11.0. The second-order valence-corrected chi connectivity index (χ2v) is 5.69. The first-order valence-electron chi connectivity index (χ1n) is 8.22. The Morgan fingerprint density at radius 2 is 2.00 bits per heavy atom. The molecule has 1 amide bonds. The summed E-state index contributed by atoms with van der Waals surface area (Å²) in [6, 6.07) is 12.7. The van der Waals surface area contributed by atoms with Crippen molar-refractivity contribution in [2.24, 2.45) is 0 Å². The van der Waals surface area contributed by atoms with Crippen LogP contribution in [0.1, 0.15) is 21.6 Å². The van der Waals surface area contributed by atoms with Crippen molar-refractivity contribution in [3.8, 4) is 0 Å². The molecule has 0 atom stereocenters. The highest BCUT2D eigenvalue weighted by atomic mass is 16.5. The number of aromatic nitrogens is 2. The van der Waals surface area contributed by atoms with Gasteiger partial charge in [-0.2, -0.15) is 0 Å². The summed E-state index contributed by atoms with van der Waals surface area (Å²) < 4.78 is 6.60. The van der Waals surface area contributed by atoms with Crippen LogP contribution < -0.4 is 5.32 Å². The smallest absolute Gasteiger partial charge is 0.337 e. The van der Waals surface area contributed by atoms with E-state index in [0.29, 0.717) is 18.5 Å². The van der Waals surface area contributed by atoms with E-state index in [0.717, 1.165) is 16.9 Å². The first kappa shape index (κ1) is 17.4. The van der Waals surface area contributed by atoms with E-state index in [4.69, 9.17) is 0 Å². The first-order valence-corrected chi connectivity index (χ1v) is 8.22. The number of pyridine rings is 1. The molecular formula is C20H19N3O3. The van der Waals surface area contributed by atoms with Crippen LogP contribution in [0.3, 0.4) is 0 Å². The number of hydrogen-bond donors (Lipinski definition) is 1. The zero-order chi connectivity index (χ0) is 18.4. The number of rotatable bonds is 6. The molecule has 0 fully saturated rings. The van der Waals surface area contributed by atoms with E-state index < -0.39 is 0 Å². The Labute approximate surface area is 151 Å². The lowest BCUT2D eigenvalue weighted by atomic mass is 10.1. The number of hydrogen-bond acceptors (Lipinski definition) is 4. The fraction of sp³-hybridized carbons (Fsp3) is 0.150. The van der Waals surface area contributed by atoms with Crippen LogP contribution in [0.5, 0.6) is 0 Å². The van der Waals surface area contributed by atoms with E-state index in [-0.39, 0.29) is 11.9 Å². The van der Waals surface area contributed by atoms with Gasteiger partial charge < -0.3 is 14.5 Å². The topological polar surface area (TPSA) is 72.7 Å². The Hall–Kier alpha value is -3.41. The lowest BCUT2D eigenvalue weighted by Gasteiger charge is -2.01. The molecule has 6 heteroatoms. The molecule has 0 aliphatic carbocycles. The predicted molar refractivity (Wildman–Crippen MR) is 98.7 cm³/mol. The molecule has 0 spiro atoms.